The van der Waals surface area contributed by atoms with Gasteiger partial charge in [0.15, 0.2) is 0 Å². The zero-order valence-electron chi connectivity index (χ0n) is 18.4. The van der Waals surface area contributed by atoms with Crippen LogP contribution in [0.1, 0.15) is 80.1 Å². The van der Waals surface area contributed by atoms with Crippen molar-refractivity contribution >= 4 is 11.8 Å². The number of carbonyl (C=O) groups excluding carboxylic acids is 2. The maximum Gasteiger partial charge on any atom is 0.253 e. The molecule has 3 heterocycles. The van der Waals surface area contributed by atoms with Crippen LogP contribution in [0.5, 0.6) is 0 Å². The van der Waals surface area contributed by atoms with Crippen LogP contribution in [0.25, 0.3) is 0 Å². The molecule has 0 N–H and O–H groups in total. The van der Waals surface area contributed by atoms with Gasteiger partial charge in [0, 0.05) is 37.2 Å². The van der Waals surface area contributed by atoms with E-state index in [1.165, 1.54) is 44.1 Å². The summed E-state index contributed by atoms with van der Waals surface area (Å²) in [6.45, 7) is 3.69. The summed E-state index contributed by atoms with van der Waals surface area (Å²) < 4.78 is 0. The largest absolute Gasteiger partial charge is 0.338 e. The molecule has 1 saturated carbocycles. The van der Waals surface area contributed by atoms with E-state index in [0.29, 0.717) is 29.8 Å². The molecule has 1 aliphatic carbocycles. The van der Waals surface area contributed by atoms with Gasteiger partial charge in [-0.05, 0) is 62.5 Å². The van der Waals surface area contributed by atoms with Crippen LogP contribution in [-0.2, 0) is 4.79 Å². The molecule has 4 heteroatoms. The van der Waals surface area contributed by atoms with E-state index in [2.05, 4.69) is 16.7 Å². The average molecular weight is 409 g/mol. The topological polar surface area (TPSA) is 40.6 Å². The fourth-order valence-electron chi connectivity index (χ4n) is 6.89. The molecule has 4 aliphatic rings. The second kappa shape index (κ2) is 8.36. The van der Waals surface area contributed by atoms with E-state index in [4.69, 9.17) is 0 Å². The van der Waals surface area contributed by atoms with Gasteiger partial charge in [-0.25, -0.2) is 0 Å². The molecule has 162 valence electrons. The average Bonchev–Trinajstić information content (AvgIpc) is 2.77. The highest BCUT2D eigenvalue weighted by Crippen LogP contribution is 2.44. The summed E-state index contributed by atoms with van der Waals surface area (Å²) in [5.74, 6) is 2.22. The van der Waals surface area contributed by atoms with Crippen molar-refractivity contribution in [1.29, 1.82) is 0 Å². The van der Waals surface area contributed by atoms with Crippen molar-refractivity contribution in [2.75, 3.05) is 13.1 Å². The number of hydrogen-bond donors (Lipinski definition) is 0. The van der Waals surface area contributed by atoms with E-state index in [0.717, 1.165) is 50.3 Å². The highest BCUT2D eigenvalue weighted by atomic mass is 16.2. The van der Waals surface area contributed by atoms with Crippen molar-refractivity contribution in [1.82, 2.24) is 9.80 Å². The minimum Gasteiger partial charge on any atom is -0.338 e. The van der Waals surface area contributed by atoms with Gasteiger partial charge in [0.2, 0.25) is 5.91 Å². The molecular weight excluding hydrogens is 372 g/mol. The number of amides is 2. The molecule has 0 radical (unpaired) electrons. The van der Waals surface area contributed by atoms with Crippen molar-refractivity contribution in [3.05, 3.63) is 35.4 Å². The molecule has 2 bridgehead atoms. The molecule has 30 heavy (non-hydrogen) atoms. The van der Waals surface area contributed by atoms with Gasteiger partial charge in [-0.1, -0.05) is 49.8 Å². The Bertz CT molecular complexity index is 783. The fourth-order valence-corrected chi connectivity index (χ4v) is 6.89. The first kappa shape index (κ1) is 20.1. The van der Waals surface area contributed by atoms with Crippen LogP contribution >= 0.6 is 0 Å². The Morgan fingerprint density at radius 1 is 0.967 bits per heavy atom. The molecule has 4 atom stereocenters. The third-order valence-electron chi connectivity index (χ3n) is 8.38. The standard InChI is InChI=1S/C26H36N2O2/c1-18-10-12-20(13-11-18)26(30)27-16-21-15-22(17-27)24(14-19-6-3-2-4-7-19)28-23(21)8-5-9-25(28)29/h10-13,19,21-24H,2-9,14-17H2,1H3/t21-,22+,23+,24+/m1/s1. The molecule has 0 unspecified atom stereocenters. The number of rotatable bonds is 3. The Morgan fingerprint density at radius 2 is 1.70 bits per heavy atom. The Labute approximate surface area is 181 Å². The molecular formula is C26H36N2O2. The van der Waals surface area contributed by atoms with Gasteiger partial charge in [0.1, 0.15) is 0 Å². The maximum atomic E-state index is 13.3. The van der Waals surface area contributed by atoms with Crippen LogP contribution in [0.3, 0.4) is 0 Å². The van der Waals surface area contributed by atoms with E-state index in [9.17, 15) is 9.59 Å². The number of fused-ring (bicyclic) bond motifs is 4. The Balaban J connectivity index is 1.39. The third kappa shape index (κ3) is 3.78. The van der Waals surface area contributed by atoms with Crippen molar-refractivity contribution in [3.8, 4) is 0 Å². The summed E-state index contributed by atoms with van der Waals surface area (Å²) in [4.78, 5) is 30.8. The molecule has 5 rings (SSSR count). The first-order valence-corrected chi connectivity index (χ1v) is 12.3. The SMILES string of the molecule is Cc1ccc(C(=O)N2C[C@H]3C[C@@H](C2)[C@H](CC2CCCCC2)N2C(=O)CCC[C@@H]32)cc1. The van der Waals surface area contributed by atoms with Gasteiger partial charge < -0.3 is 9.80 Å². The fraction of sp³-hybridized carbons (Fsp3) is 0.692. The minimum absolute atomic E-state index is 0.178. The molecule has 0 spiro atoms. The van der Waals surface area contributed by atoms with Crippen molar-refractivity contribution in [2.45, 2.75) is 83.2 Å². The zero-order valence-corrected chi connectivity index (χ0v) is 18.4. The van der Waals surface area contributed by atoms with Crippen molar-refractivity contribution < 1.29 is 9.59 Å². The Hall–Kier alpha value is -1.84. The van der Waals surface area contributed by atoms with Gasteiger partial charge in [0.25, 0.3) is 5.91 Å². The lowest BCUT2D eigenvalue weighted by Gasteiger charge is -2.57. The number of hydrogen-bond acceptors (Lipinski definition) is 2. The van der Waals surface area contributed by atoms with Crippen LogP contribution in [0, 0.1) is 24.7 Å². The van der Waals surface area contributed by atoms with Crippen molar-refractivity contribution in [3.63, 3.8) is 0 Å². The Kier molecular flexibility index (Phi) is 5.59. The smallest absolute Gasteiger partial charge is 0.253 e. The molecule has 1 aromatic carbocycles. The number of piperidine rings is 3. The number of likely N-dealkylation sites (tertiary alicyclic amines) is 1. The number of aryl methyl sites for hydroxylation is 1. The van der Waals surface area contributed by atoms with E-state index in [1.54, 1.807) is 0 Å². The lowest BCUT2D eigenvalue weighted by Crippen LogP contribution is -2.65. The quantitative estimate of drug-likeness (QED) is 0.720. The number of benzene rings is 1. The second-order valence-electron chi connectivity index (χ2n) is 10.4. The summed E-state index contributed by atoms with van der Waals surface area (Å²) >= 11 is 0. The normalized spacial score (nSPS) is 32.1. The number of carbonyl (C=O) groups is 2. The molecule has 1 aromatic rings. The predicted molar refractivity (Wildman–Crippen MR) is 118 cm³/mol. The van der Waals surface area contributed by atoms with Gasteiger partial charge in [-0.15, -0.1) is 0 Å². The van der Waals surface area contributed by atoms with Crippen molar-refractivity contribution in [2.24, 2.45) is 17.8 Å². The molecule has 4 nitrogen and oxygen atoms in total. The summed E-state index contributed by atoms with van der Waals surface area (Å²) in [7, 11) is 0. The van der Waals surface area contributed by atoms with E-state index in [1.807, 2.05) is 24.3 Å². The van der Waals surface area contributed by atoms with Crippen LogP contribution in [-0.4, -0.2) is 46.8 Å². The van der Waals surface area contributed by atoms with Crippen LogP contribution < -0.4 is 0 Å². The lowest BCUT2D eigenvalue weighted by molar-refractivity contribution is -0.153. The van der Waals surface area contributed by atoms with Gasteiger partial charge in [-0.2, -0.15) is 0 Å². The van der Waals surface area contributed by atoms with Gasteiger partial charge in [0.05, 0.1) is 0 Å². The van der Waals surface area contributed by atoms with Gasteiger partial charge in [-0.3, -0.25) is 9.59 Å². The van der Waals surface area contributed by atoms with E-state index in [-0.39, 0.29) is 5.91 Å². The first-order chi connectivity index (χ1) is 14.6. The van der Waals surface area contributed by atoms with Crippen LogP contribution in [0.2, 0.25) is 0 Å². The molecule has 4 fully saturated rings. The molecule has 0 aromatic heterocycles. The van der Waals surface area contributed by atoms with Crippen LogP contribution in [0.4, 0.5) is 0 Å². The number of nitrogens with zero attached hydrogens (tertiary/aromatic N) is 2. The molecule has 2 amide bonds. The summed E-state index contributed by atoms with van der Waals surface area (Å²) in [5.41, 5.74) is 1.99. The zero-order chi connectivity index (χ0) is 20.7. The monoisotopic (exact) mass is 408 g/mol. The summed E-state index contributed by atoms with van der Waals surface area (Å²) in [6, 6.07) is 8.70. The summed E-state index contributed by atoms with van der Waals surface area (Å²) in [5, 5.41) is 0. The highest BCUT2D eigenvalue weighted by Gasteiger charge is 2.50. The highest BCUT2D eigenvalue weighted by molar-refractivity contribution is 5.94. The van der Waals surface area contributed by atoms with Crippen LogP contribution in [0.15, 0.2) is 24.3 Å². The molecule has 3 saturated heterocycles. The summed E-state index contributed by atoms with van der Waals surface area (Å²) in [6.07, 6.45) is 11.9. The lowest BCUT2D eigenvalue weighted by atomic mass is 9.69. The minimum atomic E-state index is 0.178. The maximum absolute atomic E-state index is 13.3. The van der Waals surface area contributed by atoms with Gasteiger partial charge >= 0.3 is 0 Å². The third-order valence-corrected chi connectivity index (χ3v) is 8.38. The first-order valence-electron chi connectivity index (χ1n) is 12.3. The second-order valence-corrected chi connectivity index (χ2v) is 10.4. The predicted octanol–water partition coefficient (Wildman–Crippen LogP) is 4.81. The van der Waals surface area contributed by atoms with E-state index < -0.39 is 0 Å². The molecule has 3 aliphatic heterocycles. The van der Waals surface area contributed by atoms with E-state index >= 15 is 0 Å². The Morgan fingerprint density at radius 3 is 2.47 bits per heavy atom.